The third kappa shape index (κ3) is 3.06. The first-order chi connectivity index (χ1) is 6.97. The summed E-state index contributed by atoms with van der Waals surface area (Å²) in [5.74, 6) is 0.668. The van der Waals surface area contributed by atoms with Crippen LogP contribution in [-0.4, -0.2) is 14.2 Å². The minimum atomic E-state index is -3.05. The van der Waals surface area contributed by atoms with Gasteiger partial charge in [0.25, 0.3) is 0 Å². The van der Waals surface area contributed by atoms with Crippen LogP contribution in [0.5, 0.6) is 0 Å². The van der Waals surface area contributed by atoms with Crippen LogP contribution in [-0.2, 0) is 9.84 Å². The summed E-state index contributed by atoms with van der Waals surface area (Å²) in [7, 11) is -3.05. The summed E-state index contributed by atoms with van der Waals surface area (Å²) < 4.78 is 23.4. The van der Waals surface area contributed by atoms with Gasteiger partial charge in [-0.15, -0.1) is 0 Å². The van der Waals surface area contributed by atoms with Gasteiger partial charge in [-0.1, -0.05) is 32.9 Å². The molecule has 0 heterocycles. The van der Waals surface area contributed by atoms with Crippen molar-refractivity contribution in [3.63, 3.8) is 0 Å². The standard InChI is InChI=1S/C12H18O2S/c1-4-9-15(13,14)12-7-5-11(6-8-12)10(2)3/h5-8,10H,4,9H2,1-3H3. The van der Waals surface area contributed by atoms with E-state index in [2.05, 4.69) is 13.8 Å². The molecule has 1 aromatic carbocycles. The molecule has 0 aliphatic carbocycles. The van der Waals surface area contributed by atoms with Gasteiger partial charge >= 0.3 is 0 Å². The Morgan fingerprint density at radius 3 is 2.07 bits per heavy atom. The van der Waals surface area contributed by atoms with Gasteiger partial charge in [0.2, 0.25) is 0 Å². The van der Waals surface area contributed by atoms with Gasteiger partial charge in [0, 0.05) is 0 Å². The van der Waals surface area contributed by atoms with Crippen molar-refractivity contribution >= 4 is 9.84 Å². The van der Waals surface area contributed by atoms with Crippen LogP contribution in [0.1, 0.15) is 38.7 Å². The van der Waals surface area contributed by atoms with E-state index < -0.39 is 9.84 Å². The highest BCUT2D eigenvalue weighted by Crippen LogP contribution is 2.18. The molecule has 1 rings (SSSR count). The van der Waals surface area contributed by atoms with Crippen LogP contribution in [0.25, 0.3) is 0 Å². The summed E-state index contributed by atoms with van der Waals surface area (Å²) in [4.78, 5) is 0.439. The molecule has 0 aliphatic heterocycles. The third-order valence-corrected chi connectivity index (χ3v) is 4.31. The van der Waals surface area contributed by atoms with Crippen LogP contribution in [0.3, 0.4) is 0 Å². The average Bonchev–Trinajstić information content (AvgIpc) is 2.18. The fraction of sp³-hybridized carbons (Fsp3) is 0.500. The Balaban J connectivity index is 2.99. The van der Waals surface area contributed by atoms with E-state index in [1.165, 1.54) is 5.56 Å². The molecule has 0 radical (unpaired) electrons. The molecule has 0 spiro atoms. The quantitative estimate of drug-likeness (QED) is 0.791. The molecule has 0 fully saturated rings. The zero-order chi connectivity index (χ0) is 11.5. The molecular formula is C12H18O2S. The molecule has 1 aromatic rings. The van der Waals surface area contributed by atoms with Crippen molar-refractivity contribution in [1.29, 1.82) is 0 Å². The summed E-state index contributed by atoms with van der Waals surface area (Å²) in [6, 6.07) is 7.21. The van der Waals surface area contributed by atoms with Gasteiger partial charge in [-0.25, -0.2) is 8.42 Å². The smallest absolute Gasteiger partial charge is 0.178 e. The Kier molecular flexibility index (Phi) is 3.91. The fourth-order valence-electron chi connectivity index (χ4n) is 1.45. The van der Waals surface area contributed by atoms with Crippen molar-refractivity contribution in [1.82, 2.24) is 0 Å². The Morgan fingerprint density at radius 2 is 1.67 bits per heavy atom. The topological polar surface area (TPSA) is 34.1 Å². The molecule has 0 saturated heterocycles. The highest BCUT2D eigenvalue weighted by atomic mass is 32.2. The first-order valence-electron chi connectivity index (χ1n) is 5.30. The van der Waals surface area contributed by atoms with E-state index in [1.807, 2.05) is 19.1 Å². The minimum Gasteiger partial charge on any atom is -0.224 e. The molecule has 0 amide bonds. The van der Waals surface area contributed by atoms with Gasteiger partial charge in [-0.05, 0) is 30.0 Å². The van der Waals surface area contributed by atoms with Crippen LogP contribution in [0.4, 0.5) is 0 Å². The Hall–Kier alpha value is -0.830. The van der Waals surface area contributed by atoms with Gasteiger partial charge in [-0.3, -0.25) is 0 Å². The number of rotatable bonds is 4. The summed E-state index contributed by atoms with van der Waals surface area (Å²) in [5, 5.41) is 0. The molecular weight excluding hydrogens is 208 g/mol. The van der Waals surface area contributed by atoms with Crippen LogP contribution < -0.4 is 0 Å². The molecule has 0 atom stereocenters. The van der Waals surface area contributed by atoms with E-state index in [-0.39, 0.29) is 5.75 Å². The molecule has 0 aromatic heterocycles. The van der Waals surface area contributed by atoms with Gasteiger partial charge in [0.15, 0.2) is 9.84 Å². The van der Waals surface area contributed by atoms with E-state index in [4.69, 9.17) is 0 Å². The average molecular weight is 226 g/mol. The molecule has 0 unspecified atom stereocenters. The predicted octanol–water partition coefficient (Wildman–Crippen LogP) is 2.99. The molecule has 0 bridgehead atoms. The van der Waals surface area contributed by atoms with Crippen molar-refractivity contribution in [3.8, 4) is 0 Å². The monoisotopic (exact) mass is 226 g/mol. The van der Waals surface area contributed by atoms with Crippen molar-refractivity contribution in [2.24, 2.45) is 0 Å². The molecule has 84 valence electrons. The van der Waals surface area contributed by atoms with Crippen LogP contribution >= 0.6 is 0 Å². The minimum absolute atomic E-state index is 0.230. The second-order valence-corrected chi connectivity index (χ2v) is 6.15. The molecule has 3 heteroatoms. The van der Waals surface area contributed by atoms with Crippen molar-refractivity contribution in [3.05, 3.63) is 29.8 Å². The number of hydrogen-bond donors (Lipinski definition) is 0. The first kappa shape index (κ1) is 12.2. The van der Waals surface area contributed by atoms with E-state index in [1.54, 1.807) is 12.1 Å². The maximum Gasteiger partial charge on any atom is 0.178 e. The number of hydrogen-bond acceptors (Lipinski definition) is 2. The molecule has 0 N–H and O–H groups in total. The number of sulfone groups is 1. The Morgan fingerprint density at radius 1 is 1.13 bits per heavy atom. The van der Waals surface area contributed by atoms with E-state index in [9.17, 15) is 8.42 Å². The van der Waals surface area contributed by atoms with Crippen LogP contribution in [0.2, 0.25) is 0 Å². The molecule has 15 heavy (non-hydrogen) atoms. The van der Waals surface area contributed by atoms with E-state index in [0.717, 1.165) is 0 Å². The Labute approximate surface area is 92.2 Å². The normalized spacial score (nSPS) is 12.0. The highest BCUT2D eigenvalue weighted by Gasteiger charge is 2.12. The van der Waals surface area contributed by atoms with Crippen molar-refractivity contribution in [2.45, 2.75) is 38.0 Å². The lowest BCUT2D eigenvalue weighted by atomic mass is 10.0. The summed E-state index contributed by atoms with van der Waals surface area (Å²) >= 11 is 0. The molecule has 0 aliphatic rings. The summed E-state index contributed by atoms with van der Waals surface area (Å²) in [5.41, 5.74) is 1.17. The molecule has 2 nitrogen and oxygen atoms in total. The van der Waals surface area contributed by atoms with E-state index in [0.29, 0.717) is 17.2 Å². The van der Waals surface area contributed by atoms with Crippen LogP contribution in [0.15, 0.2) is 29.2 Å². The lowest BCUT2D eigenvalue weighted by molar-refractivity contribution is 0.594. The lowest BCUT2D eigenvalue weighted by Gasteiger charge is -2.07. The Bertz CT molecular complexity index is 402. The third-order valence-electron chi connectivity index (χ3n) is 2.38. The highest BCUT2D eigenvalue weighted by molar-refractivity contribution is 7.91. The van der Waals surface area contributed by atoms with Gasteiger partial charge in [0.1, 0.15) is 0 Å². The largest absolute Gasteiger partial charge is 0.224 e. The second kappa shape index (κ2) is 4.79. The predicted molar refractivity (Wildman–Crippen MR) is 62.9 cm³/mol. The van der Waals surface area contributed by atoms with Crippen molar-refractivity contribution in [2.75, 3.05) is 5.75 Å². The zero-order valence-corrected chi connectivity index (χ0v) is 10.3. The van der Waals surface area contributed by atoms with Gasteiger partial charge in [0.05, 0.1) is 10.6 Å². The summed E-state index contributed by atoms with van der Waals surface area (Å²) in [6.07, 6.45) is 0.661. The lowest BCUT2D eigenvalue weighted by Crippen LogP contribution is -2.05. The number of benzene rings is 1. The van der Waals surface area contributed by atoms with Gasteiger partial charge in [-0.2, -0.15) is 0 Å². The SMILES string of the molecule is CCCS(=O)(=O)c1ccc(C(C)C)cc1. The van der Waals surface area contributed by atoms with Crippen molar-refractivity contribution < 1.29 is 8.42 Å². The fourth-order valence-corrected chi connectivity index (χ4v) is 2.77. The first-order valence-corrected chi connectivity index (χ1v) is 6.95. The van der Waals surface area contributed by atoms with Crippen LogP contribution in [0, 0.1) is 0 Å². The zero-order valence-electron chi connectivity index (χ0n) is 9.53. The maximum atomic E-state index is 11.7. The van der Waals surface area contributed by atoms with Gasteiger partial charge < -0.3 is 0 Å². The maximum absolute atomic E-state index is 11.7. The molecule has 0 saturated carbocycles. The summed E-state index contributed by atoms with van der Waals surface area (Å²) in [6.45, 7) is 6.06. The second-order valence-electron chi connectivity index (χ2n) is 4.04. The van der Waals surface area contributed by atoms with E-state index >= 15 is 0 Å².